The lowest BCUT2D eigenvalue weighted by Crippen LogP contribution is -2.17. The van der Waals surface area contributed by atoms with Gasteiger partial charge in [0.05, 0.1) is 19.9 Å². The Morgan fingerprint density at radius 1 is 1.32 bits per heavy atom. The molecule has 0 fully saturated rings. The summed E-state index contributed by atoms with van der Waals surface area (Å²) in [5.74, 6) is 0.772. The summed E-state index contributed by atoms with van der Waals surface area (Å²) in [5, 5.41) is 18.5. The van der Waals surface area contributed by atoms with Crippen LogP contribution in [0.15, 0.2) is 47.8 Å². The fourth-order valence-electron chi connectivity index (χ4n) is 2.89. The van der Waals surface area contributed by atoms with Gasteiger partial charge in [0.2, 0.25) is 13.1 Å². The van der Waals surface area contributed by atoms with Gasteiger partial charge in [0.15, 0.2) is 11.5 Å². The van der Waals surface area contributed by atoms with E-state index in [1.165, 1.54) is 24.3 Å². The van der Waals surface area contributed by atoms with E-state index in [4.69, 9.17) is 14.2 Å². The van der Waals surface area contributed by atoms with E-state index in [0.717, 1.165) is 0 Å². The van der Waals surface area contributed by atoms with Gasteiger partial charge >= 0.3 is 5.95 Å². The average molecular weight is 424 g/mol. The van der Waals surface area contributed by atoms with E-state index < -0.39 is 16.8 Å². The van der Waals surface area contributed by atoms with E-state index in [1.54, 1.807) is 36.4 Å². The predicted molar refractivity (Wildman–Crippen MR) is 106 cm³/mol. The summed E-state index contributed by atoms with van der Waals surface area (Å²) in [7, 11) is 1.52. The zero-order valence-corrected chi connectivity index (χ0v) is 16.2. The molecule has 4 rings (SSSR count). The Balaban J connectivity index is 1.45. The monoisotopic (exact) mass is 424 g/mol. The second kappa shape index (κ2) is 8.49. The summed E-state index contributed by atoms with van der Waals surface area (Å²) in [6.45, 7) is 0.329. The molecule has 2 aromatic carbocycles. The van der Waals surface area contributed by atoms with Crippen molar-refractivity contribution >= 4 is 18.1 Å². The minimum absolute atomic E-state index is 0.125. The number of ether oxygens (including phenoxy) is 3. The number of nitrogens with one attached hydrogen (secondary N) is 1. The van der Waals surface area contributed by atoms with Crippen LogP contribution in [0.4, 0.5) is 5.95 Å². The first-order valence-electron chi connectivity index (χ1n) is 8.97. The maximum Gasteiger partial charge on any atom is 0.490 e. The van der Waals surface area contributed by atoms with Crippen LogP contribution in [0.1, 0.15) is 21.5 Å². The van der Waals surface area contributed by atoms with Crippen molar-refractivity contribution in [3.63, 3.8) is 0 Å². The van der Waals surface area contributed by atoms with Gasteiger partial charge in [-0.1, -0.05) is 4.98 Å². The molecule has 31 heavy (non-hydrogen) atoms. The highest BCUT2D eigenvalue weighted by Gasteiger charge is 2.16. The van der Waals surface area contributed by atoms with Crippen LogP contribution in [0.2, 0.25) is 0 Å². The first-order valence-corrected chi connectivity index (χ1v) is 8.97. The maximum absolute atomic E-state index is 12.3. The summed E-state index contributed by atoms with van der Waals surface area (Å²) in [4.78, 5) is 26.0. The molecule has 0 aliphatic carbocycles. The van der Waals surface area contributed by atoms with Gasteiger partial charge in [-0.15, -0.1) is 0 Å². The Morgan fingerprint density at radius 3 is 2.94 bits per heavy atom. The maximum atomic E-state index is 12.3. The topological polar surface area (TPSA) is 143 Å². The summed E-state index contributed by atoms with van der Waals surface area (Å²) in [5.41, 5.74) is 4.21. The molecular formula is C19H16N6O6. The van der Waals surface area contributed by atoms with E-state index in [0.29, 0.717) is 33.9 Å². The number of hydrogen-bond donors (Lipinski definition) is 1. The minimum atomic E-state index is -0.667. The molecule has 0 saturated heterocycles. The number of rotatable bonds is 7. The van der Waals surface area contributed by atoms with E-state index in [2.05, 4.69) is 20.6 Å². The number of amides is 1. The summed E-state index contributed by atoms with van der Waals surface area (Å²) >= 11 is 0. The molecule has 0 unspecified atom stereocenters. The van der Waals surface area contributed by atoms with Crippen molar-refractivity contribution in [1.29, 1.82) is 0 Å². The van der Waals surface area contributed by atoms with Crippen molar-refractivity contribution in [2.75, 3.05) is 13.9 Å². The van der Waals surface area contributed by atoms with Crippen molar-refractivity contribution in [3.8, 4) is 17.2 Å². The number of hydrazone groups is 1. The predicted octanol–water partition coefficient (Wildman–Crippen LogP) is 1.74. The molecule has 1 aliphatic rings. The van der Waals surface area contributed by atoms with Crippen LogP contribution in [-0.4, -0.2) is 45.7 Å². The molecule has 3 aromatic rings. The van der Waals surface area contributed by atoms with Crippen molar-refractivity contribution in [2.24, 2.45) is 5.10 Å². The lowest BCUT2D eigenvalue weighted by atomic mass is 10.1. The Bertz CT molecular complexity index is 1170. The third-order valence-electron chi connectivity index (χ3n) is 4.34. The SMILES string of the molecule is COc1ccc(/C=N\NC(=O)c2ccc3c(c2)OCO3)cc1Cn1cnc([N+](=O)[O-])n1. The second-order valence-corrected chi connectivity index (χ2v) is 6.34. The zero-order chi connectivity index (χ0) is 21.8. The number of methoxy groups -OCH3 is 1. The normalized spacial score (nSPS) is 12.2. The van der Waals surface area contributed by atoms with Gasteiger partial charge < -0.3 is 24.3 Å². The quantitative estimate of drug-likeness (QED) is 0.343. The lowest BCUT2D eigenvalue weighted by molar-refractivity contribution is -0.394. The first-order chi connectivity index (χ1) is 15.0. The Labute approximate surface area is 175 Å². The second-order valence-electron chi connectivity index (χ2n) is 6.34. The van der Waals surface area contributed by atoms with Crippen molar-refractivity contribution in [2.45, 2.75) is 6.54 Å². The number of carbonyl (C=O) groups is 1. The van der Waals surface area contributed by atoms with Crippen LogP contribution in [0, 0.1) is 10.1 Å². The van der Waals surface area contributed by atoms with Crippen molar-refractivity contribution in [3.05, 3.63) is 69.5 Å². The van der Waals surface area contributed by atoms with Crippen LogP contribution in [0.3, 0.4) is 0 Å². The molecule has 1 N–H and O–H groups in total. The smallest absolute Gasteiger partial charge is 0.490 e. The van der Waals surface area contributed by atoms with Gasteiger partial charge in [-0.05, 0) is 46.9 Å². The summed E-state index contributed by atoms with van der Waals surface area (Å²) in [6.07, 6.45) is 2.74. The van der Waals surface area contributed by atoms with E-state index >= 15 is 0 Å². The number of fused-ring (bicyclic) bond motifs is 1. The highest BCUT2D eigenvalue weighted by Crippen LogP contribution is 2.32. The molecule has 0 spiro atoms. The number of nitrogens with zero attached hydrogens (tertiary/aromatic N) is 5. The fraction of sp³-hybridized carbons (Fsp3) is 0.158. The first kappa shape index (κ1) is 19.8. The van der Waals surface area contributed by atoms with Crippen LogP contribution >= 0.6 is 0 Å². The Kier molecular flexibility index (Phi) is 5.43. The van der Waals surface area contributed by atoms with Crippen LogP contribution in [0.25, 0.3) is 0 Å². The molecule has 2 heterocycles. The molecule has 1 aliphatic heterocycles. The molecular weight excluding hydrogens is 408 g/mol. The zero-order valence-electron chi connectivity index (χ0n) is 16.2. The van der Waals surface area contributed by atoms with Gasteiger partial charge in [-0.25, -0.2) is 5.43 Å². The number of benzene rings is 2. The van der Waals surface area contributed by atoms with Crippen LogP contribution in [0.5, 0.6) is 17.2 Å². The van der Waals surface area contributed by atoms with E-state index in [9.17, 15) is 14.9 Å². The third kappa shape index (κ3) is 4.42. The molecule has 158 valence electrons. The number of nitro groups is 1. The standard InChI is InChI=1S/C19H16N6O6/c1-29-15-4-2-12(6-14(15)9-24-10-20-19(23-24)25(27)28)8-21-22-18(26)13-3-5-16-17(7-13)31-11-30-16/h2-8,10H,9,11H2,1H3,(H,22,26)/b21-8-. The van der Waals surface area contributed by atoms with Gasteiger partial charge in [-0.3, -0.25) is 4.79 Å². The number of hydrogen-bond acceptors (Lipinski definition) is 9. The molecule has 0 atom stereocenters. The molecule has 12 nitrogen and oxygen atoms in total. The Morgan fingerprint density at radius 2 is 2.16 bits per heavy atom. The summed E-state index contributed by atoms with van der Waals surface area (Å²) in [6, 6.07) is 10.1. The molecule has 0 bridgehead atoms. The molecule has 1 aromatic heterocycles. The molecule has 0 radical (unpaired) electrons. The third-order valence-corrected chi connectivity index (χ3v) is 4.34. The molecule has 1 amide bonds. The number of aromatic nitrogens is 3. The largest absolute Gasteiger partial charge is 0.496 e. The lowest BCUT2D eigenvalue weighted by Gasteiger charge is -2.08. The minimum Gasteiger partial charge on any atom is -0.496 e. The highest BCUT2D eigenvalue weighted by molar-refractivity contribution is 5.95. The molecule has 12 heteroatoms. The Hall–Kier alpha value is -4.48. The van der Waals surface area contributed by atoms with Gasteiger partial charge in [0.25, 0.3) is 5.91 Å². The van der Waals surface area contributed by atoms with Crippen molar-refractivity contribution in [1.82, 2.24) is 20.2 Å². The summed E-state index contributed by atoms with van der Waals surface area (Å²) < 4.78 is 17.1. The van der Waals surface area contributed by atoms with E-state index in [-0.39, 0.29) is 13.3 Å². The number of carbonyl (C=O) groups excluding carboxylic acids is 1. The van der Waals surface area contributed by atoms with E-state index in [1.807, 2.05) is 0 Å². The highest BCUT2D eigenvalue weighted by atomic mass is 16.7. The fourth-order valence-corrected chi connectivity index (χ4v) is 2.89. The van der Waals surface area contributed by atoms with Gasteiger partial charge in [0.1, 0.15) is 5.75 Å². The van der Waals surface area contributed by atoms with Crippen LogP contribution in [-0.2, 0) is 6.54 Å². The van der Waals surface area contributed by atoms with Crippen LogP contribution < -0.4 is 19.6 Å². The van der Waals surface area contributed by atoms with Gasteiger partial charge in [0, 0.05) is 16.2 Å². The average Bonchev–Trinajstić information content (AvgIpc) is 3.43. The van der Waals surface area contributed by atoms with Crippen molar-refractivity contribution < 1.29 is 23.9 Å². The molecule has 0 saturated carbocycles. The van der Waals surface area contributed by atoms with Gasteiger partial charge in [-0.2, -0.15) is 9.78 Å².